The zero-order valence-electron chi connectivity index (χ0n) is 10.0. The highest BCUT2D eigenvalue weighted by molar-refractivity contribution is 5.62. The average molecular weight is 246 g/mol. The van der Waals surface area contributed by atoms with Gasteiger partial charge in [-0.15, -0.1) is 5.10 Å². The minimum absolute atomic E-state index is 0.294. The lowest BCUT2D eigenvalue weighted by Crippen LogP contribution is -2.36. The summed E-state index contributed by atoms with van der Waals surface area (Å²) in [5.74, 6) is 0. The maximum absolute atomic E-state index is 14.0. The Morgan fingerprint density at radius 1 is 1.39 bits per heavy atom. The van der Waals surface area contributed by atoms with Crippen LogP contribution in [0, 0.1) is 0 Å². The molecule has 3 rings (SSSR count). The molecule has 0 amide bonds. The fourth-order valence-corrected chi connectivity index (χ4v) is 2.21. The van der Waals surface area contributed by atoms with Crippen molar-refractivity contribution in [2.45, 2.75) is 31.5 Å². The Kier molecular flexibility index (Phi) is 2.54. The number of anilines is 1. The Labute approximate surface area is 105 Å². The van der Waals surface area contributed by atoms with Gasteiger partial charge in [-0.1, -0.05) is 17.3 Å². The summed E-state index contributed by atoms with van der Waals surface area (Å²) < 4.78 is 15.5. The molecule has 94 valence electrons. The monoisotopic (exact) mass is 246 g/mol. The Hall–Kier alpha value is -1.91. The molecule has 1 aromatic carbocycles. The molecule has 1 aromatic heterocycles. The van der Waals surface area contributed by atoms with E-state index in [0.29, 0.717) is 25.1 Å². The number of alkyl halides is 1. The molecule has 2 N–H and O–H groups in total. The molecule has 0 bridgehead atoms. The van der Waals surface area contributed by atoms with E-state index in [-0.39, 0.29) is 0 Å². The Balaban J connectivity index is 1.81. The van der Waals surface area contributed by atoms with Gasteiger partial charge in [0, 0.05) is 11.3 Å². The van der Waals surface area contributed by atoms with Gasteiger partial charge in [-0.25, -0.2) is 9.07 Å². The number of nitrogens with zero attached hydrogens (tertiary/aromatic N) is 3. The van der Waals surface area contributed by atoms with Crippen molar-refractivity contribution in [1.82, 2.24) is 15.0 Å². The van der Waals surface area contributed by atoms with E-state index >= 15 is 0 Å². The molecule has 1 saturated carbocycles. The standard InChI is InChI=1S/C13H15FN4/c14-13(5-2-6-13)9-18-8-12(16-17-18)10-3-1-4-11(15)7-10/h1,3-4,7-8H,2,5-6,9,15H2. The minimum atomic E-state index is -1.08. The normalized spacial score (nSPS) is 17.4. The highest BCUT2D eigenvalue weighted by Gasteiger charge is 2.37. The van der Waals surface area contributed by atoms with Crippen molar-refractivity contribution in [1.29, 1.82) is 0 Å². The van der Waals surface area contributed by atoms with Crippen molar-refractivity contribution in [3.05, 3.63) is 30.5 Å². The first-order valence-electron chi connectivity index (χ1n) is 6.10. The van der Waals surface area contributed by atoms with Gasteiger partial charge in [0.05, 0.1) is 12.7 Å². The molecule has 2 aromatic rings. The van der Waals surface area contributed by atoms with E-state index in [9.17, 15) is 4.39 Å². The number of aromatic nitrogens is 3. The summed E-state index contributed by atoms with van der Waals surface area (Å²) in [6, 6.07) is 7.44. The van der Waals surface area contributed by atoms with E-state index in [0.717, 1.165) is 17.7 Å². The van der Waals surface area contributed by atoms with Crippen LogP contribution in [0.15, 0.2) is 30.5 Å². The maximum atomic E-state index is 14.0. The highest BCUT2D eigenvalue weighted by atomic mass is 19.1. The molecular formula is C13H15FN4. The highest BCUT2D eigenvalue weighted by Crippen LogP contribution is 2.37. The topological polar surface area (TPSA) is 56.7 Å². The molecule has 1 aliphatic carbocycles. The van der Waals surface area contributed by atoms with Crippen molar-refractivity contribution in [2.24, 2.45) is 0 Å². The molecule has 1 heterocycles. The molecule has 0 radical (unpaired) electrons. The number of halogens is 1. The predicted molar refractivity (Wildman–Crippen MR) is 67.6 cm³/mol. The van der Waals surface area contributed by atoms with E-state index in [1.807, 2.05) is 24.3 Å². The summed E-state index contributed by atoms with van der Waals surface area (Å²) in [7, 11) is 0. The number of hydrogen-bond donors (Lipinski definition) is 1. The van der Waals surface area contributed by atoms with Crippen LogP contribution >= 0.6 is 0 Å². The number of nitrogen functional groups attached to an aromatic ring is 1. The van der Waals surface area contributed by atoms with Gasteiger partial charge in [0.15, 0.2) is 0 Å². The summed E-state index contributed by atoms with van der Waals surface area (Å²) in [4.78, 5) is 0. The number of benzene rings is 1. The van der Waals surface area contributed by atoms with Gasteiger partial charge >= 0.3 is 0 Å². The second-order valence-electron chi connectivity index (χ2n) is 4.93. The molecule has 0 saturated heterocycles. The van der Waals surface area contributed by atoms with Crippen LogP contribution in [-0.2, 0) is 6.54 Å². The summed E-state index contributed by atoms with van der Waals surface area (Å²) >= 11 is 0. The molecule has 4 nitrogen and oxygen atoms in total. The second-order valence-corrected chi connectivity index (χ2v) is 4.93. The van der Waals surface area contributed by atoms with Crippen molar-refractivity contribution in [2.75, 3.05) is 5.73 Å². The third-order valence-electron chi connectivity index (χ3n) is 3.42. The van der Waals surface area contributed by atoms with Crippen molar-refractivity contribution in [3.8, 4) is 11.3 Å². The van der Waals surface area contributed by atoms with E-state index < -0.39 is 5.67 Å². The molecule has 1 fully saturated rings. The zero-order chi connectivity index (χ0) is 12.6. The summed E-state index contributed by atoms with van der Waals surface area (Å²) in [5.41, 5.74) is 6.95. The third kappa shape index (κ3) is 2.08. The Morgan fingerprint density at radius 2 is 2.22 bits per heavy atom. The summed E-state index contributed by atoms with van der Waals surface area (Å²) in [6.45, 7) is 0.294. The van der Waals surface area contributed by atoms with Gasteiger partial charge in [-0.2, -0.15) is 0 Å². The van der Waals surface area contributed by atoms with Crippen LogP contribution in [0.1, 0.15) is 19.3 Å². The van der Waals surface area contributed by atoms with Crippen molar-refractivity contribution in [3.63, 3.8) is 0 Å². The third-order valence-corrected chi connectivity index (χ3v) is 3.42. The lowest BCUT2D eigenvalue weighted by Gasteiger charge is -2.33. The number of nitrogens with two attached hydrogens (primary N) is 1. The van der Waals surface area contributed by atoms with Crippen LogP contribution in [0.2, 0.25) is 0 Å². The van der Waals surface area contributed by atoms with E-state index in [1.165, 1.54) is 0 Å². The summed E-state index contributed by atoms with van der Waals surface area (Å²) in [6.07, 6.45) is 3.99. The SMILES string of the molecule is Nc1cccc(-c2cn(CC3(F)CCC3)nn2)c1. The van der Waals surface area contributed by atoms with Gasteiger partial charge < -0.3 is 5.73 Å². The van der Waals surface area contributed by atoms with Crippen LogP contribution in [0.4, 0.5) is 10.1 Å². The fourth-order valence-electron chi connectivity index (χ4n) is 2.21. The smallest absolute Gasteiger partial charge is 0.130 e. The maximum Gasteiger partial charge on any atom is 0.130 e. The first-order valence-corrected chi connectivity index (χ1v) is 6.10. The van der Waals surface area contributed by atoms with Gasteiger partial charge in [-0.05, 0) is 31.4 Å². The molecule has 18 heavy (non-hydrogen) atoms. The average Bonchev–Trinajstić information content (AvgIpc) is 2.75. The largest absolute Gasteiger partial charge is 0.399 e. The van der Waals surface area contributed by atoms with Gasteiger partial charge in [0.2, 0.25) is 0 Å². The van der Waals surface area contributed by atoms with Gasteiger partial charge in [-0.3, -0.25) is 0 Å². The Bertz CT molecular complexity index is 560. The van der Waals surface area contributed by atoms with Crippen molar-refractivity contribution >= 4 is 5.69 Å². The second kappa shape index (κ2) is 4.08. The minimum Gasteiger partial charge on any atom is -0.399 e. The molecule has 0 aliphatic heterocycles. The number of rotatable bonds is 3. The summed E-state index contributed by atoms with van der Waals surface area (Å²) in [5, 5.41) is 8.04. The molecule has 1 aliphatic rings. The Morgan fingerprint density at radius 3 is 2.89 bits per heavy atom. The van der Waals surface area contributed by atoms with E-state index in [2.05, 4.69) is 10.3 Å². The molecule has 0 atom stereocenters. The molecule has 5 heteroatoms. The lowest BCUT2D eigenvalue weighted by molar-refractivity contribution is 0.0399. The van der Waals surface area contributed by atoms with Crippen LogP contribution in [-0.4, -0.2) is 20.7 Å². The first kappa shape index (κ1) is 11.2. The van der Waals surface area contributed by atoms with Crippen LogP contribution in [0.3, 0.4) is 0 Å². The van der Waals surface area contributed by atoms with Gasteiger partial charge in [0.1, 0.15) is 11.4 Å². The van der Waals surface area contributed by atoms with E-state index in [1.54, 1.807) is 10.9 Å². The quantitative estimate of drug-likeness (QED) is 0.846. The van der Waals surface area contributed by atoms with Gasteiger partial charge in [0.25, 0.3) is 0 Å². The van der Waals surface area contributed by atoms with Crippen LogP contribution in [0.5, 0.6) is 0 Å². The fraction of sp³-hybridized carbons (Fsp3) is 0.385. The zero-order valence-corrected chi connectivity index (χ0v) is 10.0. The van der Waals surface area contributed by atoms with Crippen LogP contribution in [0.25, 0.3) is 11.3 Å². The predicted octanol–water partition coefficient (Wildman–Crippen LogP) is 2.42. The first-order chi connectivity index (χ1) is 8.65. The number of hydrogen-bond acceptors (Lipinski definition) is 3. The van der Waals surface area contributed by atoms with E-state index in [4.69, 9.17) is 5.73 Å². The van der Waals surface area contributed by atoms with Crippen LogP contribution < -0.4 is 5.73 Å². The lowest BCUT2D eigenvalue weighted by atomic mass is 9.82. The molecular weight excluding hydrogens is 231 g/mol. The van der Waals surface area contributed by atoms with Crippen molar-refractivity contribution < 1.29 is 4.39 Å². The molecule has 0 spiro atoms. The molecule has 0 unspecified atom stereocenters.